The zero-order valence-corrected chi connectivity index (χ0v) is 14.9. The lowest BCUT2D eigenvalue weighted by Crippen LogP contribution is -2.38. The maximum Gasteiger partial charge on any atom is 0.323 e. The minimum atomic E-state index is -0.0758. The molecule has 2 aromatic heterocycles. The van der Waals surface area contributed by atoms with E-state index in [1.165, 1.54) is 0 Å². The van der Waals surface area contributed by atoms with Crippen molar-refractivity contribution in [2.24, 2.45) is 0 Å². The Morgan fingerprint density at radius 3 is 2.76 bits per heavy atom. The molecular formula is C17H25N7O. The van der Waals surface area contributed by atoms with Crippen molar-refractivity contribution in [2.75, 3.05) is 36.4 Å². The van der Waals surface area contributed by atoms with Gasteiger partial charge < -0.3 is 9.80 Å². The van der Waals surface area contributed by atoms with Crippen molar-refractivity contribution in [3.05, 3.63) is 30.2 Å². The summed E-state index contributed by atoms with van der Waals surface area (Å²) in [5.41, 5.74) is 0.909. The zero-order valence-electron chi connectivity index (χ0n) is 14.9. The standard InChI is InChI=1S/C17H25N7O/c1-3-8-24-15(13-14(2)21-24)20-17(25)23-10-5-9-22(11-12-23)16-18-6-4-7-19-16/h4,6-7,13H,3,5,8-12H2,1-2H3,(H,20,25). The van der Waals surface area contributed by atoms with Crippen LogP contribution in [0, 0.1) is 6.92 Å². The number of amides is 2. The average molecular weight is 343 g/mol. The van der Waals surface area contributed by atoms with Gasteiger partial charge in [-0.1, -0.05) is 6.92 Å². The molecule has 3 rings (SSSR count). The van der Waals surface area contributed by atoms with Crippen molar-refractivity contribution in [2.45, 2.75) is 33.2 Å². The molecule has 0 bridgehead atoms. The van der Waals surface area contributed by atoms with E-state index in [2.05, 4.69) is 32.2 Å². The van der Waals surface area contributed by atoms with Crippen molar-refractivity contribution >= 4 is 17.8 Å². The van der Waals surface area contributed by atoms with Gasteiger partial charge in [0.25, 0.3) is 0 Å². The number of carbonyl (C=O) groups is 1. The van der Waals surface area contributed by atoms with E-state index in [0.29, 0.717) is 6.54 Å². The van der Waals surface area contributed by atoms with E-state index in [4.69, 9.17) is 0 Å². The third-order valence-corrected chi connectivity index (χ3v) is 4.19. The van der Waals surface area contributed by atoms with E-state index in [0.717, 1.165) is 56.5 Å². The Kier molecular flexibility index (Phi) is 5.47. The number of nitrogens with one attached hydrogen (secondary N) is 1. The smallest absolute Gasteiger partial charge is 0.323 e. The normalized spacial score (nSPS) is 15.1. The maximum absolute atomic E-state index is 12.7. The second kappa shape index (κ2) is 7.96. The number of anilines is 2. The van der Waals surface area contributed by atoms with E-state index in [1.54, 1.807) is 12.4 Å². The molecule has 2 amide bonds. The van der Waals surface area contributed by atoms with Crippen molar-refractivity contribution in [3.63, 3.8) is 0 Å². The van der Waals surface area contributed by atoms with Crippen LogP contribution in [-0.2, 0) is 6.54 Å². The van der Waals surface area contributed by atoms with Gasteiger partial charge in [0.15, 0.2) is 0 Å². The van der Waals surface area contributed by atoms with E-state index in [1.807, 2.05) is 28.6 Å². The number of nitrogens with zero attached hydrogens (tertiary/aromatic N) is 6. The topological polar surface area (TPSA) is 79.2 Å². The Hall–Kier alpha value is -2.64. The SMILES string of the molecule is CCCn1nc(C)cc1NC(=O)N1CCCN(c2ncccn2)CC1. The van der Waals surface area contributed by atoms with Crippen LogP contribution in [0.5, 0.6) is 0 Å². The molecule has 1 fully saturated rings. The van der Waals surface area contributed by atoms with Crippen LogP contribution >= 0.6 is 0 Å². The van der Waals surface area contributed by atoms with Crippen LogP contribution in [0.3, 0.4) is 0 Å². The number of aryl methyl sites for hydroxylation is 2. The second-order valence-corrected chi connectivity index (χ2v) is 6.20. The van der Waals surface area contributed by atoms with E-state index >= 15 is 0 Å². The predicted molar refractivity (Wildman–Crippen MR) is 96.7 cm³/mol. The van der Waals surface area contributed by atoms with Gasteiger partial charge >= 0.3 is 6.03 Å². The van der Waals surface area contributed by atoms with Crippen LogP contribution in [0.25, 0.3) is 0 Å². The lowest BCUT2D eigenvalue weighted by Gasteiger charge is -2.22. The number of hydrogen-bond donors (Lipinski definition) is 1. The van der Waals surface area contributed by atoms with Crippen LogP contribution < -0.4 is 10.2 Å². The third kappa shape index (κ3) is 4.26. The van der Waals surface area contributed by atoms with E-state index in [9.17, 15) is 4.79 Å². The molecule has 3 heterocycles. The van der Waals surface area contributed by atoms with Crippen molar-refractivity contribution in [1.29, 1.82) is 0 Å². The molecule has 0 saturated carbocycles. The number of urea groups is 1. The van der Waals surface area contributed by atoms with Crippen LogP contribution in [0.4, 0.5) is 16.6 Å². The Labute approximate surface area is 147 Å². The summed E-state index contributed by atoms with van der Waals surface area (Å²) in [6.45, 7) is 7.76. The average Bonchev–Trinajstić information content (AvgIpc) is 2.83. The van der Waals surface area contributed by atoms with Gasteiger partial charge in [0.05, 0.1) is 5.69 Å². The van der Waals surface area contributed by atoms with E-state index in [-0.39, 0.29) is 6.03 Å². The highest BCUT2D eigenvalue weighted by atomic mass is 16.2. The predicted octanol–water partition coefficient (Wildman–Crippen LogP) is 2.14. The van der Waals surface area contributed by atoms with Crippen molar-refractivity contribution < 1.29 is 4.79 Å². The third-order valence-electron chi connectivity index (χ3n) is 4.19. The number of hydrogen-bond acceptors (Lipinski definition) is 5. The fourth-order valence-electron chi connectivity index (χ4n) is 2.99. The van der Waals surface area contributed by atoms with Crippen molar-refractivity contribution in [3.8, 4) is 0 Å². The van der Waals surface area contributed by atoms with Gasteiger partial charge in [0, 0.05) is 51.2 Å². The highest BCUT2D eigenvalue weighted by Gasteiger charge is 2.21. The number of carbonyl (C=O) groups excluding carboxylic acids is 1. The lowest BCUT2D eigenvalue weighted by molar-refractivity contribution is 0.215. The summed E-state index contributed by atoms with van der Waals surface area (Å²) in [7, 11) is 0. The highest BCUT2D eigenvalue weighted by molar-refractivity contribution is 5.88. The van der Waals surface area contributed by atoms with Crippen LogP contribution in [0.2, 0.25) is 0 Å². The molecule has 0 atom stereocenters. The van der Waals surface area contributed by atoms with Crippen LogP contribution in [0.1, 0.15) is 25.5 Å². The zero-order chi connectivity index (χ0) is 17.6. The summed E-state index contributed by atoms with van der Waals surface area (Å²) in [5.74, 6) is 1.48. The first-order valence-electron chi connectivity index (χ1n) is 8.79. The monoisotopic (exact) mass is 343 g/mol. The molecule has 25 heavy (non-hydrogen) atoms. The fourth-order valence-corrected chi connectivity index (χ4v) is 2.99. The van der Waals surface area contributed by atoms with Gasteiger partial charge in [-0.15, -0.1) is 0 Å². The first-order valence-corrected chi connectivity index (χ1v) is 8.79. The Bertz CT molecular complexity index is 700. The van der Waals surface area contributed by atoms with Gasteiger partial charge in [-0.05, 0) is 25.8 Å². The second-order valence-electron chi connectivity index (χ2n) is 6.20. The lowest BCUT2D eigenvalue weighted by atomic mass is 10.4. The molecule has 1 aliphatic heterocycles. The van der Waals surface area contributed by atoms with Gasteiger partial charge in [0.1, 0.15) is 5.82 Å². The molecule has 134 valence electrons. The number of rotatable bonds is 4. The first-order chi connectivity index (χ1) is 12.2. The first kappa shape index (κ1) is 17.2. The molecule has 0 aromatic carbocycles. The summed E-state index contributed by atoms with van der Waals surface area (Å²) in [6.07, 6.45) is 5.35. The number of aromatic nitrogens is 4. The fraction of sp³-hybridized carbons (Fsp3) is 0.529. The summed E-state index contributed by atoms with van der Waals surface area (Å²) < 4.78 is 1.86. The molecule has 1 N–H and O–H groups in total. The maximum atomic E-state index is 12.7. The Morgan fingerprint density at radius 1 is 1.20 bits per heavy atom. The molecule has 1 saturated heterocycles. The molecule has 8 heteroatoms. The quantitative estimate of drug-likeness (QED) is 0.920. The summed E-state index contributed by atoms with van der Waals surface area (Å²) in [4.78, 5) is 25.2. The van der Waals surface area contributed by atoms with Gasteiger partial charge in [-0.25, -0.2) is 19.4 Å². The van der Waals surface area contributed by atoms with Crippen molar-refractivity contribution in [1.82, 2.24) is 24.6 Å². The van der Waals surface area contributed by atoms with Gasteiger partial charge in [-0.3, -0.25) is 5.32 Å². The summed E-state index contributed by atoms with van der Waals surface area (Å²) in [5, 5.41) is 7.43. The highest BCUT2D eigenvalue weighted by Crippen LogP contribution is 2.14. The molecule has 0 radical (unpaired) electrons. The summed E-state index contributed by atoms with van der Waals surface area (Å²) in [6, 6.07) is 3.64. The largest absolute Gasteiger partial charge is 0.339 e. The molecule has 0 aliphatic carbocycles. The van der Waals surface area contributed by atoms with Crippen LogP contribution in [0.15, 0.2) is 24.5 Å². The Morgan fingerprint density at radius 2 is 2.00 bits per heavy atom. The van der Waals surface area contributed by atoms with Gasteiger partial charge in [0.2, 0.25) is 5.95 Å². The molecule has 8 nitrogen and oxygen atoms in total. The Balaban J connectivity index is 1.62. The van der Waals surface area contributed by atoms with Crippen LogP contribution in [-0.4, -0.2) is 56.9 Å². The molecule has 2 aromatic rings. The molecule has 0 unspecified atom stereocenters. The minimum absolute atomic E-state index is 0.0758. The molecular weight excluding hydrogens is 318 g/mol. The molecule has 1 aliphatic rings. The van der Waals surface area contributed by atoms with E-state index < -0.39 is 0 Å². The summed E-state index contributed by atoms with van der Waals surface area (Å²) >= 11 is 0. The molecule has 0 spiro atoms. The van der Waals surface area contributed by atoms with Gasteiger partial charge in [-0.2, -0.15) is 5.10 Å². The minimum Gasteiger partial charge on any atom is -0.339 e.